The number of benzene rings is 1. The van der Waals surface area contributed by atoms with E-state index in [-0.39, 0.29) is 5.82 Å². The SMILES string of the molecule is CCNC(=NCc1ccnc(Oc2ccc(F)cc2)c1)NCCCn1nc(C)cc1C. The van der Waals surface area contributed by atoms with E-state index in [0.717, 1.165) is 43.3 Å². The van der Waals surface area contributed by atoms with E-state index in [4.69, 9.17) is 4.74 Å². The summed E-state index contributed by atoms with van der Waals surface area (Å²) in [5, 5.41) is 11.1. The summed E-state index contributed by atoms with van der Waals surface area (Å²) >= 11 is 0. The second-order valence-electron chi connectivity index (χ2n) is 7.18. The summed E-state index contributed by atoms with van der Waals surface area (Å²) in [5.74, 6) is 1.43. The Balaban J connectivity index is 1.53. The summed E-state index contributed by atoms with van der Waals surface area (Å²) in [6.45, 7) is 9.02. The molecule has 3 rings (SSSR count). The fourth-order valence-electron chi connectivity index (χ4n) is 3.08. The summed E-state index contributed by atoms with van der Waals surface area (Å²) in [4.78, 5) is 8.86. The van der Waals surface area contributed by atoms with Crippen LogP contribution in [-0.2, 0) is 13.1 Å². The van der Waals surface area contributed by atoms with E-state index in [0.29, 0.717) is 18.2 Å². The van der Waals surface area contributed by atoms with E-state index < -0.39 is 0 Å². The predicted octanol–water partition coefficient (Wildman–Crippen LogP) is 3.97. The highest BCUT2D eigenvalue weighted by Gasteiger charge is 2.04. The van der Waals surface area contributed by atoms with Crippen LogP contribution in [-0.4, -0.2) is 33.8 Å². The van der Waals surface area contributed by atoms with Gasteiger partial charge in [0.2, 0.25) is 5.88 Å². The molecule has 0 aliphatic heterocycles. The first-order chi connectivity index (χ1) is 15.0. The molecule has 2 N–H and O–H groups in total. The molecule has 7 nitrogen and oxygen atoms in total. The maximum atomic E-state index is 13.0. The van der Waals surface area contributed by atoms with E-state index in [1.54, 1.807) is 18.3 Å². The van der Waals surface area contributed by atoms with Crippen LogP contribution in [0.4, 0.5) is 4.39 Å². The molecule has 0 aliphatic rings. The van der Waals surface area contributed by atoms with Crippen LogP contribution < -0.4 is 15.4 Å². The van der Waals surface area contributed by atoms with Crippen LogP contribution in [0.5, 0.6) is 11.6 Å². The number of aryl methyl sites for hydroxylation is 3. The highest BCUT2D eigenvalue weighted by molar-refractivity contribution is 5.79. The molecule has 164 valence electrons. The first-order valence-electron chi connectivity index (χ1n) is 10.4. The summed E-state index contributed by atoms with van der Waals surface area (Å²) in [6, 6.07) is 11.7. The van der Waals surface area contributed by atoms with Crippen LogP contribution in [0.2, 0.25) is 0 Å². The van der Waals surface area contributed by atoms with Crippen LogP contribution in [0.25, 0.3) is 0 Å². The van der Waals surface area contributed by atoms with Gasteiger partial charge in [0.15, 0.2) is 5.96 Å². The van der Waals surface area contributed by atoms with Crippen LogP contribution >= 0.6 is 0 Å². The number of rotatable bonds is 9. The predicted molar refractivity (Wildman–Crippen MR) is 120 cm³/mol. The molecule has 0 fully saturated rings. The van der Waals surface area contributed by atoms with Crippen LogP contribution in [0.1, 0.15) is 30.3 Å². The number of halogens is 1. The van der Waals surface area contributed by atoms with E-state index in [9.17, 15) is 4.39 Å². The molecule has 2 heterocycles. The number of aromatic nitrogens is 3. The van der Waals surface area contributed by atoms with Crippen LogP contribution in [0.3, 0.4) is 0 Å². The van der Waals surface area contributed by atoms with E-state index >= 15 is 0 Å². The quantitative estimate of drug-likeness (QED) is 0.309. The maximum absolute atomic E-state index is 13.0. The molecule has 0 bridgehead atoms. The number of hydrogen-bond acceptors (Lipinski definition) is 4. The average Bonchev–Trinajstić information content (AvgIpc) is 3.08. The first kappa shape index (κ1) is 22.3. The molecule has 0 unspecified atom stereocenters. The van der Waals surface area contributed by atoms with Crippen molar-refractivity contribution in [1.29, 1.82) is 0 Å². The van der Waals surface area contributed by atoms with Crippen molar-refractivity contribution in [2.75, 3.05) is 13.1 Å². The topological polar surface area (TPSA) is 76.4 Å². The number of guanidine groups is 1. The van der Waals surface area contributed by atoms with Crippen molar-refractivity contribution in [3.63, 3.8) is 0 Å². The Morgan fingerprint density at radius 3 is 2.65 bits per heavy atom. The Labute approximate surface area is 182 Å². The molecule has 0 spiro atoms. The van der Waals surface area contributed by atoms with Crippen molar-refractivity contribution in [3.05, 3.63) is 71.4 Å². The Bertz CT molecular complexity index is 1000. The molecule has 31 heavy (non-hydrogen) atoms. The second-order valence-corrected chi connectivity index (χ2v) is 7.18. The van der Waals surface area contributed by atoms with Gasteiger partial charge >= 0.3 is 0 Å². The largest absolute Gasteiger partial charge is 0.439 e. The highest BCUT2D eigenvalue weighted by atomic mass is 19.1. The summed E-state index contributed by atoms with van der Waals surface area (Å²) in [6.07, 6.45) is 2.62. The van der Waals surface area contributed by atoms with Gasteiger partial charge in [0.05, 0.1) is 12.2 Å². The van der Waals surface area contributed by atoms with Crippen molar-refractivity contribution < 1.29 is 9.13 Å². The summed E-state index contributed by atoms with van der Waals surface area (Å²) < 4.78 is 20.8. The minimum atomic E-state index is -0.304. The first-order valence-corrected chi connectivity index (χ1v) is 10.4. The molecule has 2 aromatic heterocycles. The minimum Gasteiger partial charge on any atom is -0.439 e. The molecule has 3 aromatic rings. The molecule has 1 aromatic carbocycles. The second kappa shape index (κ2) is 11.1. The normalized spacial score (nSPS) is 11.4. The standard InChI is InChI=1S/C23H29FN6O/c1-4-25-23(27-11-5-13-30-18(3)14-17(2)29-30)28-16-19-10-12-26-22(15-19)31-21-8-6-20(24)7-9-21/h6-10,12,14-15H,4-5,11,13,16H2,1-3H3,(H2,25,27,28). The van der Waals surface area contributed by atoms with Gasteiger partial charge in [-0.3, -0.25) is 4.68 Å². The van der Waals surface area contributed by atoms with Gasteiger partial charge in [-0.25, -0.2) is 14.4 Å². The molecule has 0 radical (unpaired) electrons. The van der Waals surface area contributed by atoms with Gasteiger partial charge in [0.25, 0.3) is 0 Å². The number of pyridine rings is 1. The maximum Gasteiger partial charge on any atom is 0.219 e. The molecule has 0 aliphatic carbocycles. The zero-order valence-electron chi connectivity index (χ0n) is 18.2. The zero-order valence-corrected chi connectivity index (χ0v) is 18.2. The smallest absolute Gasteiger partial charge is 0.219 e. The molecular formula is C23H29FN6O. The van der Waals surface area contributed by atoms with Gasteiger partial charge < -0.3 is 15.4 Å². The molecule has 0 saturated heterocycles. The van der Waals surface area contributed by atoms with Gasteiger partial charge in [-0.2, -0.15) is 5.10 Å². The molecular weight excluding hydrogens is 395 g/mol. The zero-order chi connectivity index (χ0) is 22.1. The van der Waals surface area contributed by atoms with Crippen LogP contribution in [0, 0.1) is 19.7 Å². The fraction of sp³-hybridized carbons (Fsp3) is 0.348. The van der Waals surface area contributed by atoms with Gasteiger partial charge in [0, 0.05) is 37.6 Å². The van der Waals surface area contributed by atoms with E-state index in [1.807, 2.05) is 30.7 Å². The molecule has 8 heteroatoms. The molecule has 0 amide bonds. The Morgan fingerprint density at radius 2 is 1.94 bits per heavy atom. The number of ether oxygens (including phenoxy) is 1. The Kier molecular flexibility index (Phi) is 7.98. The number of aliphatic imine (C=N–C) groups is 1. The third-order valence-corrected chi connectivity index (χ3v) is 4.54. The Hall–Kier alpha value is -3.42. The van der Waals surface area contributed by atoms with Crippen molar-refractivity contribution in [2.24, 2.45) is 4.99 Å². The van der Waals surface area contributed by atoms with E-state index in [1.165, 1.54) is 17.8 Å². The van der Waals surface area contributed by atoms with Crippen molar-refractivity contribution in [3.8, 4) is 11.6 Å². The lowest BCUT2D eigenvalue weighted by Crippen LogP contribution is -2.38. The fourth-order valence-corrected chi connectivity index (χ4v) is 3.08. The Morgan fingerprint density at radius 1 is 1.13 bits per heavy atom. The summed E-state index contributed by atoms with van der Waals surface area (Å²) in [5.41, 5.74) is 3.18. The van der Waals surface area contributed by atoms with Gasteiger partial charge in [-0.15, -0.1) is 0 Å². The van der Waals surface area contributed by atoms with E-state index in [2.05, 4.69) is 38.7 Å². The summed E-state index contributed by atoms with van der Waals surface area (Å²) in [7, 11) is 0. The lowest BCUT2D eigenvalue weighted by molar-refractivity contribution is 0.460. The van der Waals surface area contributed by atoms with Gasteiger partial charge in [0.1, 0.15) is 11.6 Å². The minimum absolute atomic E-state index is 0.304. The lowest BCUT2D eigenvalue weighted by atomic mass is 10.2. The monoisotopic (exact) mass is 424 g/mol. The highest BCUT2D eigenvalue weighted by Crippen LogP contribution is 2.20. The van der Waals surface area contributed by atoms with Crippen molar-refractivity contribution in [1.82, 2.24) is 25.4 Å². The van der Waals surface area contributed by atoms with Gasteiger partial charge in [-0.1, -0.05) is 0 Å². The van der Waals surface area contributed by atoms with Crippen molar-refractivity contribution in [2.45, 2.75) is 40.3 Å². The third-order valence-electron chi connectivity index (χ3n) is 4.54. The van der Waals surface area contributed by atoms with Gasteiger partial charge in [-0.05, 0) is 69.2 Å². The van der Waals surface area contributed by atoms with Crippen molar-refractivity contribution >= 4 is 5.96 Å². The molecule has 0 atom stereocenters. The lowest BCUT2D eigenvalue weighted by Gasteiger charge is -2.12. The number of nitrogens with zero attached hydrogens (tertiary/aromatic N) is 4. The molecule has 0 saturated carbocycles. The number of hydrogen-bond donors (Lipinski definition) is 2. The van der Waals surface area contributed by atoms with Crippen LogP contribution in [0.15, 0.2) is 53.7 Å². The third kappa shape index (κ3) is 7.09. The average molecular weight is 425 g/mol. The number of nitrogens with one attached hydrogen (secondary N) is 2.